The molecule has 1 aromatic heterocycles. The van der Waals surface area contributed by atoms with Crippen molar-refractivity contribution in [2.45, 2.75) is 0 Å². The first kappa shape index (κ1) is 19.0. The number of aromatic nitrogens is 2. The Hall–Kier alpha value is -4.01. The molecule has 31 heavy (non-hydrogen) atoms. The number of benzene rings is 2. The fourth-order valence-corrected chi connectivity index (χ4v) is 3.83. The van der Waals surface area contributed by atoms with Crippen LogP contribution in [0.2, 0.25) is 0 Å². The second kappa shape index (κ2) is 6.76. The number of aryl methyl sites for hydroxylation is 1. The van der Waals surface area contributed by atoms with Crippen molar-refractivity contribution in [1.82, 2.24) is 14.5 Å². The molecule has 2 aliphatic heterocycles. The molecule has 0 saturated heterocycles. The van der Waals surface area contributed by atoms with Crippen LogP contribution in [-0.2, 0) is 11.8 Å². The van der Waals surface area contributed by atoms with E-state index in [0.717, 1.165) is 12.1 Å². The second-order valence-corrected chi connectivity index (χ2v) is 7.37. The summed E-state index contributed by atoms with van der Waals surface area (Å²) in [6, 6.07) is 6.35. The van der Waals surface area contributed by atoms with E-state index < -0.39 is 17.6 Å². The normalized spacial score (nSPS) is 17.7. The van der Waals surface area contributed by atoms with Crippen LogP contribution in [0.25, 0.3) is 16.6 Å². The highest BCUT2D eigenvalue weighted by Crippen LogP contribution is 2.41. The summed E-state index contributed by atoms with van der Waals surface area (Å²) in [6.07, 6.45) is 5.01. The van der Waals surface area contributed by atoms with Crippen LogP contribution in [0.5, 0.6) is 11.5 Å². The Morgan fingerprint density at radius 2 is 1.90 bits per heavy atom. The van der Waals surface area contributed by atoms with Gasteiger partial charge in [0.1, 0.15) is 17.3 Å². The molecule has 0 fully saturated rings. The molecular weight excluding hydrogens is 406 g/mol. The van der Waals surface area contributed by atoms with Crippen LogP contribution in [-0.4, -0.2) is 33.1 Å². The van der Waals surface area contributed by atoms with E-state index in [-0.39, 0.29) is 23.1 Å². The quantitative estimate of drug-likeness (QED) is 0.703. The lowest BCUT2D eigenvalue weighted by molar-refractivity contribution is -0.121. The summed E-state index contributed by atoms with van der Waals surface area (Å²) in [5, 5.41) is 0. The lowest BCUT2D eigenvalue weighted by Gasteiger charge is -2.27. The Morgan fingerprint density at radius 3 is 2.68 bits per heavy atom. The average molecular weight is 422 g/mol. The van der Waals surface area contributed by atoms with E-state index in [1.165, 1.54) is 15.5 Å². The van der Waals surface area contributed by atoms with Crippen LogP contribution in [0.1, 0.15) is 5.56 Å². The molecular formula is C22H16F2N4O3. The van der Waals surface area contributed by atoms with Gasteiger partial charge < -0.3 is 14.6 Å². The SMILES string of the molecule is CN1C=C(c2cc3[nH]c(=O)n(C)c3cc2Oc2ccc(F)cc2F)C2C=CN=C2C1=O. The Kier molecular flexibility index (Phi) is 4.14. The number of H-pyrrole nitrogens is 1. The van der Waals surface area contributed by atoms with Crippen molar-refractivity contribution in [3.63, 3.8) is 0 Å². The van der Waals surface area contributed by atoms with Crippen LogP contribution in [0.3, 0.4) is 0 Å². The fraction of sp³-hybridized carbons (Fsp3) is 0.136. The zero-order valence-electron chi connectivity index (χ0n) is 16.5. The monoisotopic (exact) mass is 422 g/mol. The molecule has 1 amide bonds. The summed E-state index contributed by atoms with van der Waals surface area (Å²) in [6.45, 7) is 0. The van der Waals surface area contributed by atoms with Crippen molar-refractivity contribution < 1.29 is 18.3 Å². The molecule has 3 heterocycles. The van der Waals surface area contributed by atoms with Gasteiger partial charge in [0.05, 0.1) is 17.0 Å². The number of rotatable bonds is 3. The summed E-state index contributed by atoms with van der Waals surface area (Å²) in [5.41, 5.74) is 2.37. The van der Waals surface area contributed by atoms with Crippen molar-refractivity contribution >= 4 is 28.2 Å². The number of amides is 1. The Balaban J connectivity index is 1.73. The largest absolute Gasteiger partial charge is 0.454 e. The summed E-state index contributed by atoms with van der Waals surface area (Å²) in [4.78, 5) is 32.9. The zero-order chi connectivity index (χ0) is 21.9. The molecule has 1 atom stereocenters. The van der Waals surface area contributed by atoms with Gasteiger partial charge in [0.25, 0.3) is 5.91 Å². The summed E-state index contributed by atoms with van der Waals surface area (Å²) >= 11 is 0. The highest BCUT2D eigenvalue weighted by Gasteiger charge is 2.35. The topological polar surface area (TPSA) is 79.7 Å². The third kappa shape index (κ3) is 2.97. The second-order valence-electron chi connectivity index (χ2n) is 7.37. The molecule has 3 aromatic rings. The highest BCUT2D eigenvalue weighted by molar-refractivity contribution is 6.44. The van der Waals surface area contributed by atoms with Crippen LogP contribution < -0.4 is 10.4 Å². The number of allylic oxidation sites excluding steroid dienone is 2. The third-order valence-electron chi connectivity index (χ3n) is 5.42. The standard InChI is InChI=1S/C22H16F2N4O3/c1-27-10-14(12-5-6-25-20(12)21(27)29)13-8-16-17(28(2)22(30)26-16)9-19(13)31-18-4-3-11(23)7-15(18)24/h3-10,12H,1-2H3,(H,26,30). The number of nitrogens with zero attached hydrogens (tertiary/aromatic N) is 3. The first-order valence-corrected chi connectivity index (χ1v) is 9.43. The molecule has 156 valence electrons. The average Bonchev–Trinajstić information content (AvgIpc) is 3.32. The first-order chi connectivity index (χ1) is 14.8. The minimum absolute atomic E-state index is 0.167. The van der Waals surface area contributed by atoms with Gasteiger partial charge in [0.2, 0.25) is 0 Å². The number of ether oxygens (including phenoxy) is 1. The van der Waals surface area contributed by atoms with Gasteiger partial charge in [-0.2, -0.15) is 0 Å². The van der Waals surface area contributed by atoms with E-state index in [1.54, 1.807) is 44.7 Å². The third-order valence-corrected chi connectivity index (χ3v) is 5.42. The number of carbonyl (C=O) groups excluding carboxylic acids is 1. The van der Waals surface area contributed by atoms with E-state index in [2.05, 4.69) is 9.98 Å². The minimum atomic E-state index is -0.859. The van der Waals surface area contributed by atoms with E-state index in [9.17, 15) is 18.4 Å². The molecule has 2 aliphatic rings. The number of aromatic amines is 1. The molecule has 5 rings (SSSR count). The van der Waals surface area contributed by atoms with Crippen molar-refractivity contribution in [1.29, 1.82) is 0 Å². The minimum Gasteiger partial charge on any atom is -0.454 e. The maximum Gasteiger partial charge on any atom is 0.326 e. The van der Waals surface area contributed by atoms with Crippen LogP contribution in [0.4, 0.5) is 8.78 Å². The van der Waals surface area contributed by atoms with Crippen LogP contribution >= 0.6 is 0 Å². The zero-order valence-corrected chi connectivity index (χ0v) is 16.5. The number of imidazole rings is 1. The van der Waals surface area contributed by atoms with Crippen molar-refractivity contribution in [2.24, 2.45) is 18.0 Å². The number of aliphatic imine (C=N–C) groups is 1. The number of halogens is 2. The molecule has 0 spiro atoms. The van der Waals surface area contributed by atoms with E-state index in [4.69, 9.17) is 4.74 Å². The van der Waals surface area contributed by atoms with Gasteiger partial charge in [-0.15, -0.1) is 0 Å². The molecule has 0 aliphatic carbocycles. The Bertz CT molecular complexity index is 1410. The maximum atomic E-state index is 14.3. The summed E-state index contributed by atoms with van der Waals surface area (Å²) in [7, 11) is 3.21. The number of hydrogen-bond donors (Lipinski definition) is 1. The molecule has 1 unspecified atom stereocenters. The molecule has 1 N–H and O–H groups in total. The van der Waals surface area contributed by atoms with Crippen molar-refractivity contribution in [3.05, 3.63) is 76.5 Å². The van der Waals surface area contributed by atoms with Gasteiger partial charge in [-0.1, -0.05) is 6.08 Å². The number of nitrogens with one attached hydrogen (secondary N) is 1. The molecule has 2 aromatic carbocycles. The lowest BCUT2D eigenvalue weighted by Crippen LogP contribution is -2.37. The molecule has 0 radical (unpaired) electrons. The Morgan fingerprint density at radius 1 is 1.10 bits per heavy atom. The maximum absolute atomic E-state index is 14.3. The van der Waals surface area contributed by atoms with Gasteiger partial charge >= 0.3 is 5.69 Å². The van der Waals surface area contributed by atoms with Crippen molar-refractivity contribution in [3.8, 4) is 11.5 Å². The van der Waals surface area contributed by atoms with Crippen LogP contribution in [0.15, 0.2) is 58.6 Å². The highest BCUT2D eigenvalue weighted by atomic mass is 19.1. The fourth-order valence-electron chi connectivity index (χ4n) is 3.83. The number of carbonyl (C=O) groups is 1. The predicted octanol–water partition coefficient (Wildman–Crippen LogP) is 3.33. The van der Waals surface area contributed by atoms with E-state index in [0.29, 0.717) is 27.9 Å². The molecule has 9 heteroatoms. The smallest absolute Gasteiger partial charge is 0.326 e. The number of hydrogen-bond acceptors (Lipinski definition) is 4. The summed E-state index contributed by atoms with van der Waals surface area (Å²) in [5.74, 6) is -2.12. The Labute approximate surface area is 174 Å². The predicted molar refractivity (Wildman–Crippen MR) is 111 cm³/mol. The van der Waals surface area contributed by atoms with Gasteiger partial charge in [-0.3, -0.25) is 14.4 Å². The van der Waals surface area contributed by atoms with Gasteiger partial charge in [-0.25, -0.2) is 13.6 Å². The molecule has 0 bridgehead atoms. The van der Waals surface area contributed by atoms with Gasteiger partial charge in [0.15, 0.2) is 11.6 Å². The first-order valence-electron chi connectivity index (χ1n) is 9.43. The molecule has 0 saturated carbocycles. The number of fused-ring (bicyclic) bond motifs is 2. The van der Waals surface area contributed by atoms with Crippen molar-refractivity contribution in [2.75, 3.05) is 7.05 Å². The van der Waals surface area contributed by atoms with E-state index >= 15 is 0 Å². The van der Waals surface area contributed by atoms with Gasteiger partial charge in [-0.05, 0) is 23.8 Å². The summed E-state index contributed by atoms with van der Waals surface area (Å²) < 4.78 is 34.9. The van der Waals surface area contributed by atoms with Crippen LogP contribution in [0, 0.1) is 17.6 Å². The molecule has 7 nitrogen and oxygen atoms in total. The van der Waals surface area contributed by atoms with Gasteiger partial charge in [0, 0.05) is 44.2 Å². The lowest BCUT2D eigenvalue weighted by atomic mass is 9.86. The van der Waals surface area contributed by atoms with E-state index in [1.807, 2.05) is 0 Å².